The summed E-state index contributed by atoms with van der Waals surface area (Å²) in [6.45, 7) is 6.19. The zero-order chi connectivity index (χ0) is 16.3. The maximum atomic E-state index is 11.4. The second kappa shape index (κ2) is 6.64. The molecule has 1 aromatic rings. The van der Waals surface area contributed by atoms with Gasteiger partial charge in [0, 0.05) is 11.3 Å². The molecule has 6 nitrogen and oxygen atoms in total. The van der Waals surface area contributed by atoms with E-state index in [1.165, 1.54) is 24.2 Å². The smallest absolute Gasteiger partial charge is 0.360 e. The van der Waals surface area contributed by atoms with E-state index in [-0.39, 0.29) is 11.4 Å². The van der Waals surface area contributed by atoms with Crippen LogP contribution in [0.25, 0.3) is 0 Å². The van der Waals surface area contributed by atoms with Crippen molar-refractivity contribution >= 4 is 28.1 Å². The molecule has 0 spiro atoms. The van der Waals surface area contributed by atoms with Gasteiger partial charge in [0.2, 0.25) is 5.71 Å². The largest absolute Gasteiger partial charge is 0.476 e. The molecule has 0 aliphatic heterocycles. The molecule has 22 heavy (non-hydrogen) atoms. The van der Waals surface area contributed by atoms with Crippen molar-refractivity contribution in [2.45, 2.75) is 52.1 Å². The molecule has 122 valence electrons. The second-order valence-electron chi connectivity index (χ2n) is 6.47. The fourth-order valence-corrected chi connectivity index (χ4v) is 3.33. The Kier molecular flexibility index (Phi) is 5.05. The lowest BCUT2D eigenvalue weighted by Gasteiger charge is -2.36. The summed E-state index contributed by atoms with van der Waals surface area (Å²) in [7, 11) is 0. The first-order valence-electron chi connectivity index (χ1n) is 7.50. The molecule has 1 aromatic heterocycles. The van der Waals surface area contributed by atoms with Gasteiger partial charge < -0.3 is 15.7 Å². The van der Waals surface area contributed by atoms with Crippen molar-refractivity contribution in [1.29, 1.82) is 0 Å². The van der Waals surface area contributed by atoms with Crippen LogP contribution in [-0.4, -0.2) is 27.4 Å². The standard InChI is InChI=1S/C15H23N3O3S/c1-9-4-6-10(7-5-9)15(2,3)21-18-12(13(19)20)11-8-22-14(16)17-11/h8-10H,4-7H2,1-3H3,(H2,16,17)(H,19,20)/t9-,10-. The van der Waals surface area contributed by atoms with E-state index < -0.39 is 11.6 Å². The average Bonchev–Trinajstić information content (AvgIpc) is 2.85. The number of nitrogens with two attached hydrogens (primary N) is 1. The summed E-state index contributed by atoms with van der Waals surface area (Å²) in [6.07, 6.45) is 4.51. The third kappa shape index (κ3) is 3.97. The highest BCUT2D eigenvalue weighted by atomic mass is 32.1. The molecule has 0 aromatic carbocycles. The van der Waals surface area contributed by atoms with E-state index in [9.17, 15) is 9.90 Å². The number of aromatic nitrogens is 1. The minimum absolute atomic E-state index is 0.204. The molecule has 1 fully saturated rings. The molecule has 0 radical (unpaired) electrons. The zero-order valence-electron chi connectivity index (χ0n) is 13.2. The molecule has 7 heteroatoms. The fourth-order valence-electron chi connectivity index (χ4n) is 2.78. The Morgan fingerprint density at radius 1 is 1.45 bits per heavy atom. The van der Waals surface area contributed by atoms with Gasteiger partial charge in [-0.2, -0.15) is 0 Å². The minimum atomic E-state index is -1.17. The zero-order valence-corrected chi connectivity index (χ0v) is 14.0. The number of nitrogen functional groups attached to an aromatic ring is 1. The van der Waals surface area contributed by atoms with Crippen LogP contribution < -0.4 is 5.73 Å². The molecule has 1 aliphatic rings. The van der Waals surface area contributed by atoms with Crippen LogP contribution in [0.15, 0.2) is 10.5 Å². The van der Waals surface area contributed by atoms with Crippen molar-refractivity contribution in [2.75, 3.05) is 5.73 Å². The number of carbonyl (C=O) groups is 1. The first-order chi connectivity index (χ1) is 10.3. The SMILES string of the molecule is CC(C)(ON=C(C(=O)O)c1csc(N)n1)[C@H]1CC[C@H](C)CC1. The second-order valence-corrected chi connectivity index (χ2v) is 7.36. The Morgan fingerprint density at radius 2 is 2.09 bits per heavy atom. The minimum Gasteiger partial charge on any atom is -0.476 e. The van der Waals surface area contributed by atoms with E-state index >= 15 is 0 Å². The first-order valence-corrected chi connectivity index (χ1v) is 8.38. The van der Waals surface area contributed by atoms with Crippen LogP contribution >= 0.6 is 11.3 Å². The Balaban J connectivity index is 2.11. The lowest BCUT2D eigenvalue weighted by molar-refractivity contribution is -0.130. The number of carboxylic acids is 1. The maximum absolute atomic E-state index is 11.4. The monoisotopic (exact) mass is 325 g/mol. The number of rotatable bonds is 5. The predicted molar refractivity (Wildman–Crippen MR) is 87.0 cm³/mol. The summed E-state index contributed by atoms with van der Waals surface area (Å²) in [5.41, 5.74) is 5.08. The summed E-state index contributed by atoms with van der Waals surface area (Å²) < 4.78 is 0. The van der Waals surface area contributed by atoms with Gasteiger partial charge in [-0.05, 0) is 32.6 Å². The Morgan fingerprint density at radius 3 is 2.59 bits per heavy atom. The van der Waals surface area contributed by atoms with E-state index in [1.54, 1.807) is 5.38 Å². The van der Waals surface area contributed by atoms with Crippen LogP contribution in [0.2, 0.25) is 0 Å². The van der Waals surface area contributed by atoms with Gasteiger partial charge in [0.05, 0.1) is 0 Å². The van der Waals surface area contributed by atoms with E-state index in [0.29, 0.717) is 11.0 Å². The average molecular weight is 325 g/mol. The van der Waals surface area contributed by atoms with Crippen LogP contribution in [0.1, 0.15) is 52.1 Å². The molecule has 3 N–H and O–H groups in total. The summed E-state index contributed by atoms with van der Waals surface area (Å²) in [4.78, 5) is 20.9. The van der Waals surface area contributed by atoms with E-state index in [1.807, 2.05) is 13.8 Å². The molecular weight excluding hydrogens is 302 g/mol. The highest BCUT2D eigenvalue weighted by molar-refractivity contribution is 7.13. The number of hydrogen-bond acceptors (Lipinski definition) is 6. The van der Waals surface area contributed by atoms with Crippen molar-refractivity contribution < 1.29 is 14.7 Å². The van der Waals surface area contributed by atoms with Crippen molar-refractivity contribution in [3.63, 3.8) is 0 Å². The summed E-state index contributed by atoms with van der Waals surface area (Å²) >= 11 is 1.18. The van der Waals surface area contributed by atoms with Gasteiger partial charge in [-0.1, -0.05) is 24.9 Å². The molecule has 1 saturated carbocycles. The van der Waals surface area contributed by atoms with Crippen LogP contribution in [0.3, 0.4) is 0 Å². The number of aliphatic carboxylic acids is 1. The molecule has 0 bridgehead atoms. The molecule has 0 amide bonds. The molecule has 2 rings (SSSR count). The summed E-state index contributed by atoms with van der Waals surface area (Å²) in [6, 6.07) is 0. The molecular formula is C15H23N3O3S. The van der Waals surface area contributed by atoms with Gasteiger partial charge in [0.1, 0.15) is 11.3 Å². The normalized spacial score (nSPS) is 23.3. The summed E-state index contributed by atoms with van der Waals surface area (Å²) in [5.74, 6) is -0.0375. The number of oxime groups is 1. The highest BCUT2D eigenvalue weighted by Gasteiger charge is 2.35. The molecule has 1 aliphatic carbocycles. The number of hydrogen-bond donors (Lipinski definition) is 2. The maximum Gasteiger partial charge on any atom is 0.360 e. The lowest BCUT2D eigenvalue weighted by Crippen LogP contribution is -2.36. The van der Waals surface area contributed by atoms with Gasteiger partial charge in [0.15, 0.2) is 5.13 Å². The van der Waals surface area contributed by atoms with E-state index in [4.69, 9.17) is 10.6 Å². The van der Waals surface area contributed by atoms with Crippen molar-refractivity contribution in [3.05, 3.63) is 11.1 Å². The van der Waals surface area contributed by atoms with E-state index in [2.05, 4.69) is 17.1 Å². The number of nitrogens with zero attached hydrogens (tertiary/aromatic N) is 2. The number of anilines is 1. The van der Waals surface area contributed by atoms with Gasteiger partial charge in [0.25, 0.3) is 0 Å². The van der Waals surface area contributed by atoms with Crippen LogP contribution in [0, 0.1) is 11.8 Å². The quantitative estimate of drug-likeness (QED) is 0.640. The Bertz CT molecular complexity index is 560. The Hall–Kier alpha value is -1.63. The highest BCUT2D eigenvalue weighted by Crippen LogP contribution is 2.37. The fraction of sp³-hybridized carbons (Fsp3) is 0.667. The molecule has 1 heterocycles. The number of thiazole rings is 1. The number of carboxylic acid groups (broad SMARTS) is 1. The Labute approximate surface area is 134 Å². The van der Waals surface area contributed by atoms with E-state index in [0.717, 1.165) is 18.8 Å². The topological polar surface area (TPSA) is 97.8 Å². The van der Waals surface area contributed by atoms with Crippen LogP contribution in [-0.2, 0) is 9.63 Å². The van der Waals surface area contributed by atoms with Crippen molar-refractivity contribution in [3.8, 4) is 0 Å². The molecule has 0 saturated heterocycles. The van der Waals surface area contributed by atoms with Gasteiger partial charge in [-0.3, -0.25) is 0 Å². The third-order valence-electron chi connectivity index (χ3n) is 4.34. The third-order valence-corrected chi connectivity index (χ3v) is 5.01. The first kappa shape index (κ1) is 16.7. The summed E-state index contributed by atoms with van der Waals surface area (Å²) in [5, 5.41) is 15.0. The lowest BCUT2D eigenvalue weighted by atomic mass is 9.75. The van der Waals surface area contributed by atoms with Crippen LogP contribution in [0.5, 0.6) is 0 Å². The van der Waals surface area contributed by atoms with Gasteiger partial charge in [-0.15, -0.1) is 11.3 Å². The van der Waals surface area contributed by atoms with Crippen LogP contribution in [0.4, 0.5) is 5.13 Å². The van der Waals surface area contributed by atoms with Gasteiger partial charge in [-0.25, -0.2) is 9.78 Å². The molecule has 0 unspecified atom stereocenters. The predicted octanol–water partition coefficient (Wildman–Crippen LogP) is 3.14. The van der Waals surface area contributed by atoms with Crippen molar-refractivity contribution in [2.24, 2.45) is 17.0 Å². The van der Waals surface area contributed by atoms with Gasteiger partial charge >= 0.3 is 5.97 Å². The van der Waals surface area contributed by atoms with Crippen molar-refractivity contribution in [1.82, 2.24) is 4.98 Å². The molecule has 0 atom stereocenters.